The van der Waals surface area contributed by atoms with Gasteiger partial charge in [-0.1, -0.05) is 42.5 Å². The molecule has 5 heteroatoms. The molecule has 3 aromatic rings. The van der Waals surface area contributed by atoms with Crippen LogP contribution in [0.5, 0.6) is 0 Å². The highest BCUT2D eigenvalue weighted by Crippen LogP contribution is 2.18. The van der Waals surface area contributed by atoms with Crippen LogP contribution in [0.3, 0.4) is 0 Å². The van der Waals surface area contributed by atoms with Gasteiger partial charge in [0.2, 0.25) is 5.91 Å². The zero-order valence-electron chi connectivity index (χ0n) is 16.1. The minimum atomic E-state index is 0.207. The highest BCUT2D eigenvalue weighted by Gasteiger charge is 2.22. The molecule has 1 atom stereocenters. The van der Waals surface area contributed by atoms with E-state index >= 15 is 0 Å². The van der Waals surface area contributed by atoms with Gasteiger partial charge in [0.1, 0.15) is 5.82 Å². The molecule has 5 nitrogen and oxygen atoms in total. The zero-order chi connectivity index (χ0) is 19.2. The first-order valence-electron chi connectivity index (χ1n) is 10.1. The first-order valence-corrected chi connectivity index (χ1v) is 10.1. The van der Waals surface area contributed by atoms with Gasteiger partial charge in [-0.05, 0) is 43.4 Å². The molecular formula is C23H26N4O. The van der Waals surface area contributed by atoms with Crippen molar-refractivity contribution in [3.8, 4) is 0 Å². The van der Waals surface area contributed by atoms with Gasteiger partial charge in [0.15, 0.2) is 0 Å². The molecule has 0 unspecified atom stereocenters. The molecule has 144 valence electrons. The van der Waals surface area contributed by atoms with E-state index in [9.17, 15) is 4.79 Å². The Balaban J connectivity index is 1.38. The van der Waals surface area contributed by atoms with Gasteiger partial charge in [-0.15, -0.1) is 0 Å². The Bertz CT molecular complexity index is 928. The maximum Gasteiger partial charge on any atom is 0.222 e. The Hall–Kier alpha value is -2.95. The Morgan fingerprint density at radius 3 is 2.68 bits per heavy atom. The van der Waals surface area contributed by atoms with Gasteiger partial charge in [0, 0.05) is 25.6 Å². The lowest BCUT2D eigenvalue weighted by Gasteiger charge is -2.25. The molecule has 1 aliphatic rings. The molecule has 2 aromatic carbocycles. The van der Waals surface area contributed by atoms with E-state index in [0.717, 1.165) is 55.6 Å². The van der Waals surface area contributed by atoms with Gasteiger partial charge < -0.3 is 10.2 Å². The number of rotatable bonds is 5. The summed E-state index contributed by atoms with van der Waals surface area (Å²) in [6, 6.07) is 18.3. The second kappa shape index (κ2) is 8.83. The van der Waals surface area contributed by atoms with Crippen LogP contribution in [0.1, 0.15) is 31.2 Å². The van der Waals surface area contributed by atoms with Crippen molar-refractivity contribution in [3.63, 3.8) is 0 Å². The van der Waals surface area contributed by atoms with E-state index in [4.69, 9.17) is 0 Å². The summed E-state index contributed by atoms with van der Waals surface area (Å²) in [5, 5.41) is 3.50. The number of hydrogen-bond donors (Lipinski definition) is 1. The summed E-state index contributed by atoms with van der Waals surface area (Å²) in [6.07, 6.45) is 6.35. The topological polar surface area (TPSA) is 58.1 Å². The molecule has 28 heavy (non-hydrogen) atoms. The molecule has 0 bridgehead atoms. The molecule has 1 saturated heterocycles. The summed E-state index contributed by atoms with van der Waals surface area (Å²) >= 11 is 0. The lowest BCUT2D eigenvalue weighted by Crippen LogP contribution is -2.39. The van der Waals surface area contributed by atoms with Crippen LogP contribution in [0.2, 0.25) is 0 Å². The van der Waals surface area contributed by atoms with Crippen LogP contribution >= 0.6 is 0 Å². The fourth-order valence-electron chi connectivity index (χ4n) is 3.78. The quantitative estimate of drug-likeness (QED) is 0.732. The van der Waals surface area contributed by atoms with E-state index < -0.39 is 0 Å². The number of aromatic nitrogens is 2. The summed E-state index contributed by atoms with van der Waals surface area (Å²) < 4.78 is 0. The molecule has 1 aromatic heterocycles. The summed E-state index contributed by atoms with van der Waals surface area (Å²) in [7, 11) is 0. The summed E-state index contributed by atoms with van der Waals surface area (Å²) in [6.45, 7) is 1.57. The molecule has 1 aliphatic heterocycles. The van der Waals surface area contributed by atoms with Gasteiger partial charge in [0.05, 0.1) is 17.2 Å². The van der Waals surface area contributed by atoms with Crippen LogP contribution in [0.25, 0.3) is 11.0 Å². The molecule has 0 aliphatic carbocycles. The number of para-hydroxylation sites is 2. The number of carbonyl (C=O) groups excluding carboxylic acids is 1. The van der Waals surface area contributed by atoms with Gasteiger partial charge in [0.25, 0.3) is 0 Å². The fraction of sp³-hybridized carbons (Fsp3) is 0.348. The predicted molar refractivity (Wildman–Crippen MR) is 112 cm³/mol. The number of amides is 1. The third-order valence-electron chi connectivity index (χ3n) is 5.30. The van der Waals surface area contributed by atoms with Crippen molar-refractivity contribution in [2.75, 3.05) is 18.4 Å². The van der Waals surface area contributed by atoms with Gasteiger partial charge in [-0.3, -0.25) is 9.78 Å². The summed E-state index contributed by atoms with van der Waals surface area (Å²) in [5.74, 6) is 1.02. The van der Waals surface area contributed by atoms with E-state index in [-0.39, 0.29) is 11.9 Å². The lowest BCUT2D eigenvalue weighted by molar-refractivity contribution is -0.131. The Labute approximate surface area is 165 Å². The lowest BCUT2D eigenvalue weighted by atomic mass is 10.1. The van der Waals surface area contributed by atoms with E-state index in [2.05, 4.69) is 27.4 Å². The van der Waals surface area contributed by atoms with Crippen molar-refractivity contribution in [1.82, 2.24) is 14.9 Å². The standard InChI is InChI=1S/C23H26N4O/c28-23(14-13-18-8-2-1-3-9-18)27-15-7-6-10-19(17-27)25-22-16-24-20-11-4-5-12-21(20)26-22/h1-5,8-9,11-12,16,19H,6-7,10,13-15,17H2,(H,25,26)/t19-/m1/s1. The van der Waals surface area contributed by atoms with Crippen molar-refractivity contribution in [1.29, 1.82) is 0 Å². The number of carbonyl (C=O) groups is 1. The smallest absolute Gasteiger partial charge is 0.222 e. The van der Waals surface area contributed by atoms with Gasteiger partial charge >= 0.3 is 0 Å². The van der Waals surface area contributed by atoms with E-state index in [0.29, 0.717) is 6.42 Å². The molecule has 1 fully saturated rings. The third-order valence-corrected chi connectivity index (χ3v) is 5.30. The maximum absolute atomic E-state index is 12.8. The molecule has 1 N–H and O–H groups in total. The molecule has 0 radical (unpaired) electrons. The minimum Gasteiger partial charge on any atom is -0.364 e. The molecule has 0 spiro atoms. The average molecular weight is 374 g/mol. The zero-order valence-corrected chi connectivity index (χ0v) is 16.1. The first-order chi connectivity index (χ1) is 13.8. The van der Waals surface area contributed by atoms with Crippen LogP contribution in [0.4, 0.5) is 5.82 Å². The Kier molecular flexibility index (Phi) is 5.80. The van der Waals surface area contributed by atoms with E-state index in [1.54, 1.807) is 6.20 Å². The number of anilines is 1. The fourth-order valence-corrected chi connectivity index (χ4v) is 3.78. The van der Waals surface area contributed by atoms with Crippen molar-refractivity contribution in [3.05, 3.63) is 66.4 Å². The predicted octanol–water partition coefficient (Wildman–Crippen LogP) is 4.06. The van der Waals surface area contributed by atoms with Crippen LogP contribution in [0.15, 0.2) is 60.8 Å². The number of hydrogen-bond acceptors (Lipinski definition) is 4. The van der Waals surface area contributed by atoms with Crippen LogP contribution in [-0.4, -0.2) is 39.9 Å². The minimum absolute atomic E-state index is 0.207. The average Bonchev–Trinajstić information content (AvgIpc) is 2.98. The second-order valence-corrected chi connectivity index (χ2v) is 7.41. The number of nitrogens with one attached hydrogen (secondary N) is 1. The highest BCUT2D eigenvalue weighted by molar-refractivity contribution is 5.77. The van der Waals surface area contributed by atoms with Crippen molar-refractivity contribution < 1.29 is 4.79 Å². The third kappa shape index (κ3) is 4.66. The van der Waals surface area contributed by atoms with Crippen LogP contribution < -0.4 is 5.32 Å². The first kappa shape index (κ1) is 18.4. The maximum atomic E-state index is 12.8. The molecule has 4 rings (SSSR count). The molecular weight excluding hydrogens is 348 g/mol. The van der Waals surface area contributed by atoms with Crippen molar-refractivity contribution in [2.24, 2.45) is 0 Å². The Morgan fingerprint density at radius 2 is 1.82 bits per heavy atom. The highest BCUT2D eigenvalue weighted by atomic mass is 16.2. The van der Waals surface area contributed by atoms with Gasteiger partial charge in [-0.25, -0.2) is 4.98 Å². The van der Waals surface area contributed by atoms with Crippen molar-refractivity contribution >= 4 is 22.8 Å². The Morgan fingerprint density at radius 1 is 1.04 bits per heavy atom. The van der Waals surface area contributed by atoms with Crippen molar-refractivity contribution in [2.45, 2.75) is 38.1 Å². The van der Waals surface area contributed by atoms with Crippen LogP contribution in [0, 0.1) is 0 Å². The number of nitrogens with zero attached hydrogens (tertiary/aromatic N) is 3. The van der Waals surface area contributed by atoms with Gasteiger partial charge in [-0.2, -0.15) is 0 Å². The molecule has 0 saturated carbocycles. The number of likely N-dealkylation sites (tertiary alicyclic amines) is 1. The monoisotopic (exact) mass is 374 g/mol. The normalized spacial score (nSPS) is 17.3. The summed E-state index contributed by atoms with van der Waals surface area (Å²) in [4.78, 5) is 23.9. The number of aryl methyl sites for hydroxylation is 1. The van der Waals surface area contributed by atoms with Crippen LogP contribution in [-0.2, 0) is 11.2 Å². The molecule has 1 amide bonds. The van der Waals surface area contributed by atoms with E-state index in [1.165, 1.54) is 5.56 Å². The largest absolute Gasteiger partial charge is 0.364 e. The summed E-state index contributed by atoms with van der Waals surface area (Å²) in [5.41, 5.74) is 3.00. The number of fused-ring (bicyclic) bond motifs is 1. The SMILES string of the molecule is O=C(CCc1ccccc1)N1CCCC[C@@H](Nc2cnc3ccccc3n2)C1. The second-order valence-electron chi connectivity index (χ2n) is 7.41. The van der Waals surface area contributed by atoms with E-state index in [1.807, 2.05) is 47.4 Å². The molecule has 2 heterocycles. The number of benzene rings is 2.